The molecular formula is C23H20F2N4O2. The highest BCUT2D eigenvalue weighted by Gasteiger charge is 2.32. The molecule has 2 N–H and O–H groups in total. The molecule has 0 aliphatic carbocycles. The number of fused-ring (bicyclic) bond motifs is 1. The average molecular weight is 422 g/mol. The third-order valence-electron chi connectivity index (χ3n) is 5.73. The summed E-state index contributed by atoms with van der Waals surface area (Å²) in [5.41, 5.74) is 4.23. The normalized spacial score (nSPS) is 16.4. The Balaban J connectivity index is 1.43. The second-order valence-corrected chi connectivity index (χ2v) is 7.56. The van der Waals surface area contributed by atoms with Crippen molar-refractivity contribution in [2.75, 3.05) is 6.54 Å². The summed E-state index contributed by atoms with van der Waals surface area (Å²) in [5, 5.41) is 7.62. The van der Waals surface area contributed by atoms with E-state index in [1.807, 2.05) is 35.4 Å². The Labute approximate surface area is 176 Å². The second-order valence-electron chi connectivity index (χ2n) is 7.56. The van der Waals surface area contributed by atoms with Crippen molar-refractivity contribution < 1.29 is 18.3 Å². The highest BCUT2D eigenvalue weighted by molar-refractivity contribution is 6.07. The Kier molecular flexibility index (Phi) is 4.89. The minimum absolute atomic E-state index is 0.0787. The summed E-state index contributed by atoms with van der Waals surface area (Å²) in [6.45, 7) is -2.27. The maximum Gasteiger partial charge on any atom is 0.387 e. The van der Waals surface area contributed by atoms with E-state index in [1.54, 1.807) is 24.5 Å². The number of hydrogen-bond acceptors (Lipinski definition) is 3. The van der Waals surface area contributed by atoms with Gasteiger partial charge in [-0.25, -0.2) is 0 Å². The van der Waals surface area contributed by atoms with E-state index in [4.69, 9.17) is 0 Å². The first-order chi connectivity index (χ1) is 15.1. The van der Waals surface area contributed by atoms with E-state index >= 15 is 0 Å². The number of H-pyrrole nitrogens is 2. The van der Waals surface area contributed by atoms with Crippen LogP contribution in [-0.4, -0.2) is 39.1 Å². The Hall–Kier alpha value is -3.68. The number of carbonyl (C=O) groups is 1. The number of amides is 1. The van der Waals surface area contributed by atoms with Crippen LogP contribution in [0, 0.1) is 0 Å². The number of aromatic nitrogens is 3. The molecule has 6 nitrogen and oxygen atoms in total. The third-order valence-corrected chi connectivity index (χ3v) is 5.73. The number of nitrogens with zero attached hydrogens (tertiary/aromatic N) is 2. The zero-order chi connectivity index (χ0) is 21.4. The number of ether oxygens (including phenoxy) is 1. The third kappa shape index (κ3) is 3.65. The summed E-state index contributed by atoms with van der Waals surface area (Å²) >= 11 is 0. The van der Waals surface area contributed by atoms with Gasteiger partial charge in [0.1, 0.15) is 5.75 Å². The molecule has 1 saturated heterocycles. The molecule has 0 bridgehead atoms. The lowest BCUT2D eigenvalue weighted by Gasteiger charge is -2.25. The summed E-state index contributed by atoms with van der Waals surface area (Å²) in [5.74, 6) is 0.0238. The van der Waals surface area contributed by atoms with E-state index in [9.17, 15) is 13.6 Å². The first-order valence-corrected chi connectivity index (χ1v) is 10.1. The lowest BCUT2D eigenvalue weighted by molar-refractivity contribution is -0.0499. The molecule has 1 fully saturated rings. The molecule has 1 atom stereocenters. The van der Waals surface area contributed by atoms with Crippen LogP contribution < -0.4 is 4.74 Å². The van der Waals surface area contributed by atoms with Gasteiger partial charge in [0.2, 0.25) is 0 Å². The van der Waals surface area contributed by atoms with E-state index in [0.717, 1.165) is 40.4 Å². The van der Waals surface area contributed by atoms with Crippen molar-refractivity contribution in [1.29, 1.82) is 0 Å². The molecule has 4 aromatic rings. The van der Waals surface area contributed by atoms with Crippen LogP contribution in [-0.2, 0) is 0 Å². The van der Waals surface area contributed by atoms with Crippen molar-refractivity contribution in [3.05, 3.63) is 72.2 Å². The number of halogens is 2. The van der Waals surface area contributed by atoms with Crippen LogP contribution in [0.4, 0.5) is 8.78 Å². The Bertz CT molecular complexity index is 1220. The Morgan fingerprint density at radius 3 is 2.87 bits per heavy atom. The number of aromatic amines is 2. The molecule has 31 heavy (non-hydrogen) atoms. The van der Waals surface area contributed by atoms with Gasteiger partial charge in [-0.1, -0.05) is 24.3 Å². The number of hydrogen-bond donors (Lipinski definition) is 2. The van der Waals surface area contributed by atoms with Gasteiger partial charge in [-0.2, -0.15) is 13.9 Å². The molecular weight excluding hydrogens is 402 g/mol. The van der Waals surface area contributed by atoms with Crippen molar-refractivity contribution in [1.82, 2.24) is 20.1 Å². The molecule has 8 heteroatoms. The van der Waals surface area contributed by atoms with Crippen molar-refractivity contribution >= 4 is 16.8 Å². The molecule has 0 radical (unpaired) electrons. The highest BCUT2D eigenvalue weighted by Crippen LogP contribution is 2.36. The fraction of sp³-hybridized carbons (Fsp3) is 0.217. The summed E-state index contributed by atoms with van der Waals surface area (Å²) in [4.78, 5) is 18.4. The van der Waals surface area contributed by atoms with Crippen LogP contribution in [0.15, 0.2) is 61.1 Å². The maximum absolute atomic E-state index is 13.4. The number of likely N-dealkylation sites (tertiary alicyclic amines) is 1. The lowest BCUT2D eigenvalue weighted by atomic mass is 10.0. The molecule has 1 aliphatic heterocycles. The van der Waals surface area contributed by atoms with Gasteiger partial charge in [-0.15, -0.1) is 0 Å². The van der Waals surface area contributed by atoms with E-state index in [2.05, 4.69) is 19.9 Å². The number of alkyl halides is 2. The molecule has 3 heterocycles. The molecule has 0 spiro atoms. The standard InChI is InChI=1S/C23H20F2N4O2/c24-23(25)31-17-4-1-3-15(9-17)21-5-2-8-29(21)22(30)19-13-26-20-10-14(6-7-18(19)20)16-11-27-28-12-16/h1,3-4,6-7,9-13,21,23,26H,2,5,8H2,(H,27,28). The van der Waals surface area contributed by atoms with E-state index < -0.39 is 6.61 Å². The molecule has 158 valence electrons. The number of nitrogens with one attached hydrogen (secondary N) is 2. The summed E-state index contributed by atoms with van der Waals surface area (Å²) < 4.78 is 29.7. The molecule has 0 saturated carbocycles. The number of carbonyl (C=O) groups excluding carboxylic acids is 1. The van der Waals surface area contributed by atoms with Gasteiger partial charge in [0.15, 0.2) is 0 Å². The highest BCUT2D eigenvalue weighted by atomic mass is 19.3. The Morgan fingerprint density at radius 2 is 2.06 bits per heavy atom. The summed E-state index contributed by atoms with van der Waals surface area (Å²) in [6, 6.07) is 12.3. The van der Waals surface area contributed by atoms with Gasteiger partial charge in [0, 0.05) is 35.4 Å². The second kappa shape index (κ2) is 7.86. The quantitative estimate of drug-likeness (QED) is 0.468. The Morgan fingerprint density at radius 1 is 1.16 bits per heavy atom. The maximum atomic E-state index is 13.4. The minimum atomic E-state index is -2.88. The van der Waals surface area contributed by atoms with Crippen LogP contribution in [0.1, 0.15) is 34.8 Å². The fourth-order valence-electron chi connectivity index (χ4n) is 4.30. The van der Waals surface area contributed by atoms with Gasteiger partial charge >= 0.3 is 6.61 Å². The van der Waals surface area contributed by atoms with E-state index in [0.29, 0.717) is 12.1 Å². The van der Waals surface area contributed by atoms with Crippen LogP contribution in [0.2, 0.25) is 0 Å². The van der Waals surface area contributed by atoms with Gasteiger partial charge in [-0.3, -0.25) is 9.89 Å². The zero-order valence-electron chi connectivity index (χ0n) is 16.5. The molecule has 5 rings (SSSR count). The van der Waals surface area contributed by atoms with Gasteiger partial charge in [-0.05, 0) is 42.2 Å². The van der Waals surface area contributed by atoms with E-state index in [1.165, 1.54) is 6.07 Å². The monoisotopic (exact) mass is 422 g/mol. The van der Waals surface area contributed by atoms with Crippen molar-refractivity contribution in [3.8, 4) is 16.9 Å². The summed E-state index contributed by atoms with van der Waals surface area (Å²) in [6.07, 6.45) is 6.92. The fourth-order valence-corrected chi connectivity index (χ4v) is 4.30. The molecule has 2 aromatic carbocycles. The number of rotatable bonds is 5. The smallest absolute Gasteiger partial charge is 0.387 e. The van der Waals surface area contributed by atoms with Gasteiger partial charge < -0.3 is 14.6 Å². The first-order valence-electron chi connectivity index (χ1n) is 10.1. The predicted molar refractivity (Wildman–Crippen MR) is 112 cm³/mol. The van der Waals surface area contributed by atoms with Crippen molar-refractivity contribution in [2.24, 2.45) is 0 Å². The molecule has 1 aliphatic rings. The predicted octanol–water partition coefficient (Wildman–Crippen LogP) is 5.14. The zero-order valence-corrected chi connectivity index (χ0v) is 16.5. The average Bonchev–Trinajstić information content (AvgIpc) is 3.53. The van der Waals surface area contributed by atoms with Crippen LogP contribution in [0.5, 0.6) is 5.75 Å². The number of benzene rings is 2. The molecule has 2 aromatic heterocycles. The van der Waals surface area contributed by atoms with Crippen LogP contribution in [0.25, 0.3) is 22.0 Å². The summed E-state index contributed by atoms with van der Waals surface area (Å²) in [7, 11) is 0. The minimum Gasteiger partial charge on any atom is -0.435 e. The SMILES string of the molecule is O=C(c1c[nH]c2cc(-c3cn[nH]c3)ccc12)N1CCCC1c1cccc(OC(F)F)c1. The van der Waals surface area contributed by atoms with Crippen molar-refractivity contribution in [3.63, 3.8) is 0 Å². The van der Waals surface area contributed by atoms with E-state index in [-0.39, 0.29) is 17.7 Å². The molecule has 1 unspecified atom stereocenters. The van der Waals surface area contributed by atoms with Crippen LogP contribution >= 0.6 is 0 Å². The molecule has 1 amide bonds. The van der Waals surface area contributed by atoms with Crippen molar-refractivity contribution in [2.45, 2.75) is 25.5 Å². The largest absolute Gasteiger partial charge is 0.435 e. The first kappa shape index (κ1) is 19.3. The van der Waals surface area contributed by atoms with Crippen LogP contribution in [0.3, 0.4) is 0 Å². The topological polar surface area (TPSA) is 74.0 Å². The van der Waals surface area contributed by atoms with Gasteiger partial charge in [0.05, 0.1) is 17.8 Å². The van der Waals surface area contributed by atoms with Gasteiger partial charge in [0.25, 0.3) is 5.91 Å². The lowest BCUT2D eigenvalue weighted by Crippen LogP contribution is -2.30.